The molecular weight excluding hydrogens is 405 g/mol. The van der Waals surface area contributed by atoms with Crippen LogP contribution >= 0.6 is 0 Å². The van der Waals surface area contributed by atoms with Crippen molar-refractivity contribution >= 4 is 15.9 Å². The molecule has 1 heterocycles. The molecule has 0 saturated carbocycles. The molecule has 0 radical (unpaired) electrons. The lowest BCUT2D eigenvalue weighted by molar-refractivity contribution is -0.134. The second-order valence-corrected chi connectivity index (χ2v) is 9.66. The number of piperazine rings is 1. The maximum atomic E-state index is 13.4. The van der Waals surface area contributed by atoms with Gasteiger partial charge >= 0.3 is 0 Å². The van der Waals surface area contributed by atoms with E-state index in [4.69, 9.17) is 0 Å². The van der Waals surface area contributed by atoms with E-state index in [0.29, 0.717) is 19.6 Å². The molecule has 1 saturated heterocycles. The van der Waals surface area contributed by atoms with Crippen LogP contribution in [0.1, 0.15) is 19.4 Å². The highest BCUT2D eigenvalue weighted by molar-refractivity contribution is 7.89. The van der Waals surface area contributed by atoms with Crippen molar-refractivity contribution in [2.45, 2.75) is 31.3 Å². The molecule has 0 spiro atoms. The van der Waals surface area contributed by atoms with E-state index in [0.717, 1.165) is 11.6 Å². The molecular formula is C22H28FN3O3S. The number of rotatable bonds is 7. The minimum Gasteiger partial charge on any atom is -0.339 e. The van der Waals surface area contributed by atoms with E-state index in [2.05, 4.69) is 18.7 Å². The number of carbonyl (C=O) groups excluding carboxylic acids is 1. The van der Waals surface area contributed by atoms with Gasteiger partial charge in [0, 0.05) is 38.8 Å². The Labute approximate surface area is 177 Å². The summed E-state index contributed by atoms with van der Waals surface area (Å²) in [5.74, 6) is -0.598. The smallest absolute Gasteiger partial charge is 0.243 e. The SMILES string of the molecule is CC(C)N(CC(=O)N1CCN(S(=O)(=O)c2cccc(F)c2)CC1)Cc1ccccc1. The number of amides is 1. The molecule has 6 nitrogen and oxygen atoms in total. The first kappa shape index (κ1) is 22.4. The average Bonchev–Trinajstić information content (AvgIpc) is 2.74. The van der Waals surface area contributed by atoms with Gasteiger partial charge in [0.05, 0.1) is 11.4 Å². The molecule has 1 fully saturated rings. The Hall–Kier alpha value is -2.29. The molecule has 0 unspecified atom stereocenters. The lowest BCUT2D eigenvalue weighted by atomic mass is 10.2. The quantitative estimate of drug-likeness (QED) is 0.673. The minimum absolute atomic E-state index is 0.0116. The van der Waals surface area contributed by atoms with E-state index >= 15 is 0 Å². The number of nitrogens with zero attached hydrogens (tertiary/aromatic N) is 3. The first-order valence-electron chi connectivity index (χ1n) is 10.1. The van der Waals surface area contributed by atoms with Crippen molar-refractivity contribution in [3.8, 4) is 0 Å². The maximum Gasteiger partial charge on any atom is 0.243 e. The predicted octanol–water partition coefficient (Wildman–Crippen LogP) is 2.57. The van der Waals surface area contributed by atoms with E-state index < -0.39 is 15.8 Å². The summed E-state index contributed by atoms with van der Waals surface area (Å²) < 4.78 is 40.2. The van der Waals surface area contributed by atoms with E-state index in [-0.39, 0.29) is 36.5 Å². The molecule has 2 aromatic carbocycles. The van der Waals surface area contributed by atoms with Crippen molar-refractivity contribution in [2.75, 3.05) is 32.7 Å². The number of carbonyl (C=O) groups is 1. The summed E-state index contributed by atoms with van der Waals surface area (Å²) in [6, 6.07) is 15.2. The number of halogens is 1. The third-order valence-corrected chi connectivity index (χ3v) is 7.22. The average molecular weight is 434 g/mol. The van der Waals surface area contributed by atoms with Crippen LogP contribution in [0.4, 0.5) is 4.39 Å². The van der Waals surface area contributed by atoms with Crippen molar-refractivity contribution in [3.05, 3.63) is 66.0 Å². The molecule has 3 rings (SSSR count). The van der Waals surface area contributed by atoms with Gasteiger partial charge in [0.1, 0.15) is 5.82 Å². The van der Waals surface area contributed by atoms with Gasteiger partial charge in [0.2, 0.25) is 15.9 Å². The number of hydrogen-bond acceptors (Lipinski definition) is 4. The molecule has 30 heavy (non-hydrogen) atoms. The van der Waals surface area contributed by atoms with E-state index in [9.17, 15) is 17.6 Å². The summed E-state index contributed by atoms with van der Waals surface area (Å²) in [5.41, 5.74) is 1.14. The second kappa shape index (κ2) is 9.68. The zero-order valence-corrected chi connectivity index (χ0v) is 18.2. The van der Waals surface area contributed by atoms with Crippen molar-refractivity contribution in [1.29, 1.82) is 0 Å². The first-order chi connectivity index (χ1) is 14.3. The molecule has 0 aromatic heterocycles. The molecule has 0 aliphatic carbocycles. The Morgan fingerprint density at radius 1 is 1.03 bits per heavy atom. The first-order valence-corrected chi connectivity index (χ1v) is 11.5. The lowest BCUT2D eigenvalue weighted by Crippen LogP contribution is -2.53. The molecule has 0 N–H and O–H groups in total. The molecule has 8 heteroatoms. The second-order valence-electron chi connectivity index (χ2n) is 7.73. The monoisotopic (exact) mass is 433 g/mol. The maximum absolute atomic E-state index is 13.4. The van der Waals surface area contributed by atoms with Crippen molar-refractivity contribution in [3.63, 3.8) is 0 Å². The van der Waals surface area contributed by atoms with Crippen LogP contribution in [-0.2, 0) is 21.4 Å². The molecule has 1 amide bonds. The number of benzene rings is 2. The van der Waals surface area contributed by atoms with Gasteiger partial charge in [0.25, 0.3) is 0 Å². The van der Waals surface area contributed by atoms with Crippen molar-refractivity contribution < 1.29 is 17.6 Å². The summed E-state index contributed by atoms with van der Waals surface area (Å²) >= 11 is 0. The summed E-state index contributed by atoms with van der Waals surface area (Å²) in [6.45, 7) is 6.12. The lowest BCUT2D eigenvalue weighted by Gasteiger charge is -2.36. The minimum atomic E-state index is -3.77. The largest absolute Gasteiger partial charge is 0.339 e. The number of sulfonamides is 1. The van der Waals surface area contributed by atoms with Gasteiger partial charge in [-0.2, -0.15) is 4.31 Å². The molecule has 2 aromatic rings. The highest BCUT2D eigenvalue weighted by Crippen LogP contribution is 2.19. The third kappa shape index (κ3) is 5.44. The van der Waals surface area contributed by atoms with Crippen LogP contribution < -0.4 is 0 Å². The van der Waals surface area contributed by atoms with Gasteiger partial charge in [-0.1, -0.05) is 36.4 Å². The Bertz CT molecular complexity index is 959. The van der Waals surface area contributed by atoms with E-state index in [1.807, 2.05) is 30.3 Å². The fourth-order valence-corrected chi connectivity index (χ4v) is 4.92. The summed E-state index contributed by atoms with van der Waals surface area (Å²) in [4.78, 5) is 16.6. The normalized spacial score (nSPS) is 15.7. The van der Waals surface area contributed by atoms with E-state index in [1.165, 1.54) is 22.5 Å². The highest BCUT2D eigenvalue weighted by atomic mass is 32.2. The van der Waals surface area contributed by atoms with Crippen molar-refractivity contribution in [2.24, 2.45) is 0 Å². The van der Waals surface area contributed by atoms with Gasteiger partial charge in [0.15, 0.2) is 0 Å². The summed E-state index contributed by atoms with van der Waals surface area (Å²) in [7, 11) is -3.77. The van der Waals surface area contributed by atoms with Crippen LogP contribution in [0.25, 0.3) is 0 Å². The predicted molar refractivity (Wildman–Crippen MR) is 114 cm³/mol. The van der Waals surface area contributed by atoms with Gasteiger partial charge < -0.3 is 4.90 Å². The standard InChI is InChI=1S/C22H28FN3O3S/c1-18(2)25(16-19-7-4-3-5-8-19)17-22(27)24-11-13-26(14-12-24)30(28,29)21-10-6-9-20(23)15-21/h3-10,15,18H,11-14,16-17H2,1-2H3. The van der Waals surface area contributed by atoms with E-state index in [1.54, 1.807) is 4.90 Å². The van der Waals surface area contributed by atoms with Crippen LogP contribution in [0.3, 0.4) is 0 Å². The zero-order valence-electron chi connectivity index (χ0n) is 17.4. The van der Waals surface area contributed by atoms with Crippen molar-refractivity contribution in [1.82, 2.24) is 14.1 Å². The Morgan fingerprint density at radius 3 is 2.30 bits per heavy atom. The molecule has 162 valence electrons. The molecule has 1 aliphatic rings. The van der Waals surface area contributed by atoms with Crippen LogP contribution in [0.2, 0.25) is 0 Å². The summed E-state index contributed by atoms with van der Waals surface area (Å²) in [5, 5.41) is 0. The molecule has 0 atom stereocenters. The van der Waals surface area contributed by atoms with Crippen LogP contribution in [0.5, 0.6) is 0 Å². The van der Waals surface area contributed by atoms with Gasteiger partial charge in [-0.15, -0.1) is 0 Å². The van der Waals surface area contributed by atoms with Crippen LogP contribution in [0.15, 0.2) is 59.5 Å². The Kier molecular flexibility index (Phi) is 7.23. The molecule has 0 bridgehead atoms. The number of hydrogen-bond donors (Lipinski definition) is 0. The Balaban J connectivity index is 1.59. The van der Waals surface area contributed by atoms with Gasteiger partial charge in [-0.25, -0.2) is 12.8 Å². The summed E-state index contributed by atoms with van der Waals surface area (Å²) in [6.07, 6.45) is 0. The van der Waals surface area contributed by atoms with Gasteiger partial charge in [-0.3, -0.25) is 9.69 Å². The fourth-order valence-electron chi connectivity index (χ4n) is 3.47. The zero-order chi connectivity index (χ0) is 21.7. The third-order valence-electron chi connectivity index (χ3n) is 5.32. The Morgan fingerprint density at radius 2 is 1.70 bits per heavy atom. The highest BCUT2D eigenvalue weighted by Gasteiger charge is 2.31. The molecule has 1 aliphatic heterocycles. The van der Waals surface area contributed by atoms with Crippen LogP contribution in [-0.4, -0.2) is 67.2 Å². The fraction of sp³-hybridized carbons (Fsp3) is 0.409. The topological polar surface area (TPSA) is 60.9 Å². The van der Waals surface area contributed by atoms with Gasteiger partial charge in [-0.05, 0) is 37.6 Å². The van der Waals surface area contributed by atoms with Crippen LogP contribution in [0, 0.1) is 5.82 Å².